The lowest BCUT2D eigenvalue weighted by atomic mass is 10.1. The van der Waals surface area contributed by atoms with Crippen LogP contribution in [0.5, 0.6) is 0 Å². The molecule has 134 valence electrons. The van der Waals surface area contributed by atoms with Gasteiger partial charge in [-0.25, -0.2) is 4.39 Å². The fourth-order valence-electron chi connectivity index (χ4n) is 2.99. The van der Waals surface area contributed by atoms with Gasteiger partial charge < -0.3 is 9.88 Å². The van der Waals surface area contributed by atoms with Crippen molar-refractivity contribution in [3.63, 3.8) is 0 Å². The zero-order valence-electron chi connectivity index (χ0n) is 14.7. The molecule has 0 aliphatic heterocycles. The Morgan fingerprint density at radius 3 is 2.62 bits per heavy atom. The Morgan fingerprint density at radius 2 is 1.88 bits per heavy atom. The topological polar surface area (TPSA) is 53.2 Å². The summed E-state index contributed by atoms with van der Waals surface area (Å²) in [7, 11) is 0. The second-order valence-electron chi connectivity index (χ2n) is 6.25. The van der Waals surface area contributed by atoms with Gasteiger partial charge in [0.1, 0.15) is 5.82 Å². The molecule has 0 unspecified atom stereocenters. The summed E-state index contributed by atoms with van der Waals surface area (Å²) < 4.78 is 13.4. The highest BCUT2D eigenvalue weighted by Gasteiger charge is 2.13. The summed E-state index contributed by atoms with van der Waals surface area (Å²) in [6.45, 7) is 3.09. The quantitative estimate of drug-likeness (QED) is 0.736. The number of carbonyl (C=O) groups excluding carboxylic acids is 1. The predicted octanol–water partition coefficient (Wildman–Crippen LogP) is 3.65. The van der Waals surface area contributed by atoms with Crippen molar-refractivity contribution in [1.82, 2.24) is 9.88 Å². The average molecular weight is 352 g/mol. The number of hydrogen-bond donors (Lipinski definition) is 1. The first-order chi connectivity index (χ1) is 12.6. The van der Waals surface area contributed by atoms with Crippen LogP contribution < -0.4 is 5.56 Å². The van der Waals surface area contributed by atoms with Crippen molar-refractivity contribution in [3.05, 3.63) is 81.9 Å². The summed E-state index contributed by atoms with van der Waals surface area (Å²) in [5, 5.41) is 0.628. The Morgan fingerprint density at radius 1 is 1.12 bits per heavy atom. The smallest absolute Gasteiger partial charge is 0.251 e. The van der Waals surface area contributed by atoms with Gasteiger partial charge in [0.2, 0.25) is 5.91 Å². The molecule has 0 aliphatic rings. The van der Waals surface area contributed by atoms with Crippen LogP contribution in [0.1, 0.15) is 24.5 Å². The number of nitrogens with one attached hydrogen (secondary N) is 1. The number of carbonyl (C=O) groups is 1. The number of pyridine rings is 1. The van der Waals surface area contributed by atoms with Gasteiger partial charge in [0.05, 0.1) is 0 Å². The lowest BCUT2D eigenvalue weighted by Gasteiger charge is -2.21. The standard InChI is InChI=1S/C21H21FN2O2/c1-2-24(14-15-6-4-3-5-7-15)20(25)11-8-16-12-17-13-18(22)9-10-19(17)23-21(16)26/h3-7,9-10,12-13H,2,8,11,14H2,1H3,(H,23,26). The Kier molecular flexibility index (Phi) is 5.46. The fourth-order valence-corrected chi connectivity index (χ4v) is 2.99. The number of halogens is 1. The summed E-state index contributed by atoms with van der Waals surface area (Å²) >= 11 is 0. The van der Waals surface area contributed by atoms with E-state index in [9.17, 15) is 14.0 Å². The second kappa shape index (κ2) is 7.95. The third-order valence-electron chi connectivity index (χ3n) is 4.44. The minimum absolute atomic E-state index is 0.00454. The number of benzene rings is 2. The molecule has 0 saturated heterocycles. The third-order valence-corrected chi connectivity index (χ3v) is 4.44. The monoisotopic (exact) mass is 352 g/mol. The first-order valence-corrected chi connectivity index (χ1v) is 8.70. The van der Waals surface area contributed by atoms with E-state index in [0.717, 1.165) is 5.56 Å². The van der Waals surface area contributed by atoms with Crippen LogP contribution in [0.3, 0.4) is 0 Å². The Balaban J connectivity index is 1.71. The van der Waals surface area contributed by atoms with E-state index < -0.39 is 0 Å². The Hall–Kier alpha value is -2.95. The first-order valence-electron chi connectivity index (χ1n) is 8.70. The number of nitrogens with zero attached hydrogens (tertiary/aromatic N) is 1. The number of H-pyrrole nitrogens is 1. The van der Waals surface area contributed by atoms with E-state index in [0.29, 0.717) is 36.0 Å². The van der Waals surface area contributed by atoms with E-state index in [1.807, 2.05) is 37.3 Å². The van der Waals surface area contributed by atoms with Crippen LogP contribution in [-0.2, 0) is 17.8 Å². The molecule has 1 aromatic heterocycles. The molecule has 1 heterocycles. The maximum absolute atomic E-state index is 13.4. The SMILES string of the molecule is CCN(Cc1ccccc1)C(=O)CCc1cc2cc(F)ccc2[nH]c1=O. The molecule has 0 aliphatic carbocycles. The zero-order chi connectivity index (χ0) is 18.5. The van der Waals surface area contributed by atoms with Crippen LogP contribution in [0.2, 0.25) is 0 Å². The normalized spacial score (nSPS) is 10.8. The van der Waals surface area contributed by atoms with Crippen LogP contribution >= 0.6 is 0 Å². The van der Waals surface area contributed by atoms with Gasteiger partial charge in [-0.2, -0.15) is 0 Å². The summed E-state index contributed by atoms with van der Waals surface area (Å²) in [4.78, 5) is 29.2. The molecular weight excluding hydrogens is 331 g/mol. The summed E-state index contributed by atoms with van der Waals surface area (Å²) in [5.41, 5.74) is 1.92. The largest absolute Gasteiger partial charge is 0.339 e. The van der Waals surface area contributed by atoms with Crippen molar-refractivity contribution in [2.24, 2.45) is 0 Å². The molecule has 26 heavy (non-hydrogen) atoms. The molecule has 0 spiro atoms. The fraction of sp³-hybridized carbons (Fsp3) is 0.238. The highest BCUT2D eigenvalue weighted by molar-refractivity contribution is 5.79. The summed E-state index contributed by atoms with van der Waals surface area (Å²) in [6.07, 6.45) is 0.566. The van der Waals surface area contributed by atoms with Crippen molar-refractivity contribution in [2.45, 2.75) is 26.3 Å². The van der Waals surface area contributed by atoms with Gasteiger partial charge in [-0.1, -0.05) is 30.3 Å². The lowest BCUT2D eigenvalue weighted by Crippen LogP contribution is -2.30. The van der Waals surface area contributed by atoms with Crippen molar-refractivity contribution in [3.8, 4) is 0 Å². The maximum Gasteiger partial charge on any atom is 0.251 e. The highest BCUT2D eigenvalue weighted by atomic mass is 19.1. The number of amides is 1. The van der Waals surface area contributed by atoms with E-state index in [-0.39, 0.29) is 23.7 Å². The molecule has 2 aromatic carbocycles. The van der Waals surface area contributed by atoms with E-state index in [2.05, 4.69) is 4.98 Å². The molecule has 1 amide bonds. The first kappa shape index (κ1) is 17.9. The Labute approximate surface area is 151 Å². The van der Waals surface area contributed by atoms with Crippen LogP contribution in [0, 0.1) is 5.82 Å². The van der Waals surface area contributed by atoms with E-state index in [1.165, 1.54) is 12.1 Å². The third kappa shape index (κ3) is 4.17. The number of aromatic amines is 1. The van der Waals surface area contributed by atoms with Crippen molar-refractivity contribution in [2.75, 3.05) is 6.54 Å². The van der Waals surface area contributed by atoms with Gasteiger partial charge in [0.15, 0.2) is 0 Å². The van der Waals surface area contributed by atoms with Gasteiger partial charge in [-0.3, -0.25) is 9.59 Å². The number of rotatable bonds is 6. The molecule has 3 rings (SSSR count). The second-order valence-corrected chi connectivity index (χ2v) is 6.25. The van der Waals surface area contributed by atoms with E-state index in [4.69, 9.17) is 0 Å². The van der Waals surface area contributed by atoms with Crippen molar-refractivity contribution >= 4 is 16.8 Å². The molecule has 5 heteroatoms. The highest BCUT2D eigenvalue weighted by Crippen LogP contribution is 2.14. The van der Waals surface area contributed by atoms with Crippen molar-refractivity contribution < 1.29 is 9.18 Å². The molecular formula is C21H21FN2O2. The molecule has 0 fully saturated rings. The molecule has 0 radical (unpaired) electrons. The summed E-state index contributed by atoms with van der Waals surface area (Å²) in [6, 6.07) is 15.7. The lowest BCUT2D eigenvalue weighted by molar-refractivity contribution is -0.131. The van der Waals surface area contributed by atoms with Gasteiger partial charge in [-0.15, -0.1) is 0 Å². The van der Waals surface area contributed by atoms with Crippen LogP contribution in [0.15, 0.2) is 59.4 Å². The minimum Gasteiger partial charge on any atom is -0.339 e. The van der Waals surface area contributed by atoms with Crippen LogP contribution in [0.4, 0.5) is 4.39 Å². The van der Waals surface area contributed by atoms with Crippen LogP contribution in [0.25, 0.3) is 10.9 Å². The minimum atomic E-state index is -0.355. The Bertz CT molecular complexity index is 967. The van der Waals surface area contributed by atoms with Crippen LogP contribution in [-0.4, -0.2) is 22.3 Å². The molecule has 0 bridgehead atoms. The number of aryl methyl sites for hydroxylation is 1. The maximum atomic E-state index is 13.4. The molecule has 0 saturated carbocycles. The van der Waals surface area contributed by atoms with Gasteiger partial charge in [0, 0.05) is 36.0 Å². The number of fused-ring (bicyclic) bond motifs is 1. The molecule has 3 aromatic rings. The van der Waals surface area contributed by atoms with E-state index >= 15 is 0 Å². The van der Waals surface area contributed by atoms with E-state index in [1.54, 1.807) is 17.0 Å². The van der Waals surface area contributed by atoms with Crippen molar-refractivity contribution in [1.29, 1.82) is 0 Å². The molecule has 4 nitrogen and oxygen atoms in total. The summed E-state index contributed by atoms with van der Waals surface area (Å²) in [5.74, 6) is -0.360. The van der Waals surface area contributed by atoms with Gasteiger partial charge in [-0.05, 0) is 43.2 Å². The molecule has 1 N–H and O–H groups in total. The predicted molar refractivity (Wildman–Crippen MR) is 100 cm³/mol. The molecule has 0 atom stereocenters. The number of hydrogen-bond acceptors (Lipinski definition) is 2. The van der Waals surface area contributed by atoms with Gasteiger partial charge >= 0.3 is 0 Å². The zero-order valence-corrected chi connectivity index (χ0v) is 14.7. The average Bonchev–Trinajstić information content (AvgIpc) is 2.65. The number of aromatic nitrogens is 1. The van der Waals surface area contributed by atoms with Gasteiger partial charge in [0.25, 0.3) is 5.56 Å².